The fourth-order valence-electron chi connectivity index (χ4n) is 1.38. The van der Waals surface area contributed by atoms with E-state index in [1.54, 1.807) is 37.3 Å². The third kappa shape index (κ3) is 2.60. The van der Waals surface area contributed by atoms with Crippen LogP contribution in [0.1, 0.15) is 16.1 Å². The summed E-state index contributed by atoms with van der Waals surface area (Å²) >= 11 is 0. The molecule has 0 saturated carbocycles. The number of hydrogen-bond acceptors (Lipinski definition) is 3. The maximum Gasteiger partial charge on any atom is 0.359 e. The fraction of sp³-hybridized carbons (Fsp3) is 0.0769. The van der Waals surface area contributed by atoms with Gasteiger partial charge in [-0.3, -0.25) is 4.79 Å². The number of benzene rings is 1. The molecule has 2 aromatic rings. The lowest BCUT2D eigenvalue weighted by Crippen LogP contribution is -2.17. The summed E-state index contributed by atoms with van der Waals surface area (Å²) in [5.74, 6) is 0.175. The average Bonchev–Trinajstić information content (AvgIpc) is 2.34. The van der Waals surface area contributed by atoms with Crippen molar-refractivity contribution in [2.75, 3.05) is 5.32 Å². The number of rotatable bonds is 2. The highest BCUT2D eigenvalue weighted by Gasteiger charge is 2.08. The highest BCUT2D eigenvalue weighted by Crippen LogP contribution is 2.05. The number of hydrogen-bond donors (Lipinski definition) is 1. The molecule has 0 fully saturated rings. The lowest BCUT2D eigenvalue weighted by atomic mass is 10.2. The van der Waals surface area contributed by atoms with Crippen molar-refractivity contribution >= 4 is 11.6 Å². The molecule has 1 heterocycles. The van der Waals surface area contributed by atoms with Crippen molar-refractivity contribution in [1.29, 1.82) is 0 Å². The first-order chi connectivity index (χ1) is 8.16. The number of nitrogens with one attached hydrogen (secondary N) is 1. The van der Waals surface area contributed by atoms with Crippen molar-refractivity contribution in [3.8, 4) is 0 Å². The molecule has 1 N–H and O–H groups in total. The minimum absolute atomic E-state index is 0.143. The molecule has 0 bridgehead atoms. The summed E-state index contributed by atoms with van der Waals surface area (Å²) < 4.78 is 4.87. The zero-order chi connectivity index (χ0) is 12.3. The molecule has 86 valence electrons. The van der Waals surface area contributed by atoms with E-state index < -0.39 is 5.63 Å². The van der Waals surface area contributed by atoms with Crippen molar-refractivity contribution in [1.82, 2.24) is 0 Å². The molecule has 2 rings (SSSR count). The summed E-state index contributed by atoms with van der Waals surface area (Å²) in [5, 5.41) is 2.51. The summed E-state index contributed by atoms with van der Waals surface area (Å²) in [6.07, 6.45) is 0. The molecule has 0 saturated heterocycles. The molecule has 1 amide bonds. The number of aryl methyl sites for hydroxylation is 1. The standard InChI is InChI=1S/C13H11NO3/c1-9-7-8-11(13(16)17-9)14-12(15)10-5-3-2-4-6-10/h2-8H,1H3,(H,14,15). The minimum Gasteiger partial charge on any atom is -0.427 e. The lowest BCUT2D eigenvalue weighted by molar-refractivity contribution is 0.102. The molecule has 0 aliphatic rings. The number of carbonyl (C=O) groups is 1. The molecule has 0 aliphatic carbocycles. The van der Waals surface area contributed by atoms with Gasteiger partial charge in [0.05, 0.1) is 0 Å². The fourth-order valence-corrected chi connectivity index (χ4v) is 1.38. The lowest BCUT2D eigenvalue weighted by Gasteiger charge is -2.03. The van der Waals surface area contributed by atoms with Crippen molar-refractivity contribution in [2.24, 2.45) is 0 Å². The molecular formula is C13H11NO3. The molecule has 1 aromatic carbocycles. The maximum absolute atomic E-state index is 11.8. The monoisotopic (exact) mass is 229 g/mol. The van der Waals surface area contributed by atoms with Crippen LogP contribution in [0.5, 0.6) is 0 Å². The number of carbonyl (C=O) groups excluding carboxylic acids is 1. The van der Waals surface area contributed by atoms with Crippen LogP contribution in [0.15, 0.2) is 51.7 Å². The van der Waals surface area contributed by atoms with Gasteiger partial charge in [-0.2, -0.15) is 0 Å². The summed E-state index contributed by atoms with van der Waals surface area (Å²) in [6.45, 7) is 1.67. The molecule has 0 unspecified atom stereocenters. The first kappa shape index (κ1) is 11.1. The maximum atomic E-state index is 11.8. The van der Waals surface area contributed by atoms with Gasteiger partial charge in [-0.25, -0.2) is 4.79 Å². The van der Waals surface area contributed by atoms with E-state index in [-0.39, 0.29) is 11.6 Å². The van der Waals surface area contributed by atoms with Crippen molar-refractivity contribution in [2.45, 2.75) is 6.92 Å². The van der Waals surface area contributed by atoms with E-state index >= 15 is 0 Å². The predicted octanol–water partition coefficient (Wildman–Crippen LogP) is 2.20. The SMILES string of the molecule is Cc1ccc(NC(=O)c2ccccc2)c(=O)o1. The van der Waals surface area contributed by atoms with E-state index in [2.05, 4.69) is 5.32 Å². The molecule has 0 radical (unpaired) electrons. The van der Waals surface area contributed by atoms with E-state index in [4.69, 9.17) is 4.42 Å². The van der Waals surface area contributed by atoms with E-state index in [1.807, 2.05) is 6.07 Å². The molecule has 4 heteroatoms. The van der Waals surface area contributed by atoms with Crippen LogP contribution in [-0.2, 0) is 0 Å². The minimum atomic E-state index is -0.547. The van der Waals surface area contributed by atoms with Crippen molar-refractivity contribution < 1.29 is 9.21 Å². The normalized spacial score (nSPS) is 9.94. The van der Waals surface area contributed by atoms with Crippen LogP contribution in [0.4, 0.5) is 5.69 Å². The smallest absolute Gasteiger partial charge is 0.359 e. The number of anilines is 1. The largest absolute Gasteiger partial charge is 0.427 e. The summed E-state index contributed by atoms with van der Waals surface area (Å²) in [6, 6.07) is 11.8. The van der Waals surface area contributed by atoms with Crippen LogP contribution >= 0.6 is 0 Å². The third-order valence-electron chi connectivity index (χ3n) is 2.24. The van der Waals surface area contributed by atoms with Gasteiger partial charge in [0, 0.05) is 5.56 Å². The Hall–Kier alpha value is -2.36. The second kappa shape index (κ2) is 4.65. The summed E-state index contributed by atoms with van der Waals surface area (Å²) in [5.41, 5.74) is 0.0891. The van der Waals surface area contributed by atoms with Crippen LogP contribution in [0.2, 0.25) is 0 Å². The Morgan fingerprint density at radius 3 is 2.47 bits per heavy atom. The van der Waals surface area contributed by atoms with E-state index in [9.17, 15) is 9.59 Å². The van der Waals surface area contributed by atoms with Crippen LogP contribution in [0, 0.1) is 6.92 Å². The highest BCUT2D eigenvalue weighted by atomic mass is 16.4. The Kier molecular flexibility index (Phi) is 3.05. The molecule has 1 aromatic heterocycles. The second-order valence-electron chi connectivity index (χ2n) is 3.57. The molecule has 17 heavy (non-hydrogen) atoms. The van der Waals surface area contributed by atoms with Gasteiger partial charge in [0.2, 0.25) is 0 Å². The molecule has 0 aliphatic heterocycles. The average molecular weight is 229 g/mol. The van der Waals surface area contributed by atoms with Gasteiger partial charge in [0.1, 0.15) is 11.4 Å². The zero-order valence-corrected chi connectivity index (χ0v) is 9.27. The summed E-state index contributed by atoms with van der Waals surface area (Å²) in [4.78, 5) is 23.2. The van der Waals surface area contributed by atoms with Gasteiger partial charge in [0.25, 0.3) is 5.91 Å². The molecule has 4 nitrogen and oxygen atoms in total. The van der Waals surface area contributed by atoms with Gasteiger partial charge >= 0.3 is 5.63 Å². The third-order valence-corrected chi connectivity index (χ3v) is 2.24. The molecule has 0 spiro atoms. The summed E-state index contributed by atoms with van der Waals surface area (Å²) in [7, 11) is 0. The first-order valence-corrected chi connectivity index (χ1v) is 5.14. The van der Waals surface area contributed by atoms with E-state index in [0.29, 0.717) is 11.3 Å². The Balaban J connectivity index is 2.22. The molecule has 0 atom stereocenters. The van der Waals surface area contributed by atoms with Crippen LogP contribution in [-0.4, -0.2) is 5.91 Å². The Morgan fingerprint density at radius 1 is 1.12 bits per heavy atom. The Morgan fingerprint density at radius 2 is 1.82 bits per heavy atom. The van der Waals surface area contributed by atoms with Gasteiger partial charge in [-0.1, -0.05) is 18.2 Å². The Labute approximate surface area is 97.9 Å². The Bertz CT molecular complexity index is 587. The van der Waals surface area contributed by atoms with Crippen LogP contribution < -0.4 is 10.9 Å². The van der Waals surface area contributed by atoms with E-state index in [0.717, 1.165) is 0 Å². The van der Waals surface area contributed by atoms with Gasteiger partial charge in [0.15, 0.2) is 0 Å². The van der Waals surface area contributed by atoms with Gasteiger partial charge in [-0.15, -0.1) is 0 Å². The highest BCUT2D eigenvalue weighted by molar-refractivity contribution is 6.04. The topological polar surface area (TPSA) is 59.3 Å². The van der Waals surface area contributed by atoms with E-state index in [1.165, 1.54) is 6.07 Å². The van der Waals surface area contributed by atoms with Gasteiger partial charge in [-0.05, 0) is 31.2 Å². The zero-order valence-electron chi connectivity index (χ0n) is 9.27. The second-order valence-corrected chi connectivity index (χ2v) is 3.57. The predicted molar refractivity (Wildman–Crippen MR) is 64.1 cm³/mol. The van der Waals surface area contributed by atoms with Crippen molar-refractivity contribution in [3.63, 3.8) is 0 Å². The van der Waals surface area contributed by atoms with Crippen LogP contribution in [0.3, 0.4) is 0 Å². The van der Waals surface area contributed by atoms with Crippen LogP contribution in [0.25, 0.3) is 0 Å². The number of amides is 1. The quantitative estimate of drug-likeness (QED) is 0.858. The van der Waals surface area contributed by atoms with Crippen molar-refractivity contribution in [3.05, 3.63) is 64.2 Å². The first-order valence-electron chi connectivity index (χ1n) is 5.14. The van der Waals surface area contributed by atoms with Gasteiger partial charge < -0.3 is 9.73 Å². The molecular weight excluding hydrogens is 218 g/mol.